The molecule has 0 radical (unpaired) electrons. The first-order valence-corrected chi connectivity index (χ1v) is 8.03. The second kappa shape index (κ2) is 7.36. The number of aromatic nitrogens is 4. The third-order valence-corrected chi connectivity index (χ3v) is 4.37. The number of nitrogens with zero attached hydrogens (tertiary/aromatic N) is 3. The molecule has 2 heterocycles. The van der Waals surface area contributed by atoms with Gasteiger partial charge >= 0.3 is 0 Å². The van der Waals surface area contributed by atoms with Crippen molar-refractivity contribution in [1.29, 1.82) is 0 Å². The van der Waals surface area contributed by atoms with Crippen LogP contribution < -0.4 is 0 Å². The summed E-state index contributed by atoms with van der Waals surface area (Å²) in [6.07, 6.45) is 6.20. The van der Waals surface area contributed by atoms with Gasteiger partial charge in [-0.1, -0.05) is 18.2 Å². The fourth-order valence-electron chi connectivity index (χ4n) is 2.96. The monoisotopic (exact) mass is 322 g/mol. The quantitative estimate of drug-likeness (QED) is 0.756. The number of ether oxygens (including phenoxy) is 1. The van der Waals surface area contributed by atoms with Crippen LogP contribution in [0.5, 0.6) is 0 Å². The molecule has 5 nitrogen and oxygen atoms in total. The van der Waals surface area contributed by atoms with Gasteiger partial charge in [0.15, 0.2) is 5.82 Å². The summed E-state index contributed by atoms with van der Waals surface area (Å²) in [5.74, 6) is 0.886. The molecule has 0 fully saturated rings. The van der Waals surface area contributed by atoms with E-state index < -0.39 is 0 Å². The van der Waals surface area contributed by atoms with Crippen molar-refractivity contribution in [3.8, 4) is 0 Å². The zero-order valence-electron chi connectivity index (χ0n) is 14.3. The van der Waals surface area contributed by atoms with Crippen LogP contribution >= 0.6 is 0 Å². The van der Waals surface area contributed by atoms with E-state index in [4.69, 9.17) is 4.74 Å². The summed E-state index contributed by atoms with van der Waals surface area (Å²) >= 11 is 0. The van der Waals surface area contributed by atoms with E-state index >= 15 is 0 Å². The first-order chi connectivity index (χ1) is 11.7. The highest BCUT2D eigenvalue weighted by atomic mass is 16.5. The average Bonchev–Trinajstić information content (AvgIpc) is 3.11. The van der Waals surface area contributed by atoms with Crippen LogP contribution in [0.3, 0.4) is 0 Å². The number of benzene rings is 1. The zero-order chi connectivity index (χ0) is 16.9. The van der Waals surface area contributed by atoms with Crippen molar-refractivity contribution in [2.24, 2.45) is 0 Å². The lowest BCUT2D eigenvalue weighted by Gasteiger charge is -2.19. The Morgan fingerprint density at radius 3 is 2.83 bits per heavy atom. The molecule has 1 atom stereocenters. The van der Waals surface area contributed by atoms with Crippen LogP contribution in [-0.4, -0.2) is 27.0 Å². The summed E-state index contributed by atoms with van der Waals surface area (Å²) in [5.41, 5.74) is 5.99. The van der Waals surface area contributed by atoms with Gasteiger partial charge in [-0.25, -0.2) is 15.0 Å². The van der Waals surface area contributed by atoms with Crippen LogP contribution in [-0.2, 0) is 17.8 Å². The van der Waals surface area contributed by atoms with Crippen molar-refractivity contribution >= 4 is 0 Å². The molecule has 124 valence electrons. The molecule has 1 N–H and O–H groups in total. The minimum atomic E-state index is 0.178. The third-order valence-electron chi connectivity index (χ3n) is 4.37. The normalized spacial score (nSPS) is 12.3. The van der Waals surface area contributed by atoms with Crippen molar-refractivity contribution in [3.63, 3.8) is 0 Å². The molecule has 0 amide bonds. The van der Waals surface area contributed by atoms with Crippen molar-refractivity contribution in [3.05, 3.63) is 76.9 Å². The maximum absolute atomic E-state index is 5.14. The first-order valence-electron chi connectivity index (χ1n) is 8.03. The van der Waals surface area contributed by atoms with Gasteiger partial charge in [-0.3, -0.25) is 0 Å². The van der Waals surface area contributed by atoms with E-state index in [1.54, 1.807) is 19.6 Å². The minimum absolute atomic E-state index is 0.178. The number of methoxy groups -OCH3 is 1. The van der Waals surface area contributed by atoms with Crippen molar-refractivity contribution in [1.82, 2.24) is 19.9 Å². The Hall–Kier alpha value is -2.53. The van der Waals surface area contributed by atoms with Crippen LogP contribution in [0.15, 0.2) is 43.0 Å². The van der Waals surface area contributed by atoms with Gasteiger partial charge in [-0.05, 0) is 36.6 Å². The summed E-state index contributed by atoms with van der Waals surface area (Å²) < 4.78 is 5.14. The summed E-state index contributed by atoms with van der Waals surface area (Å²) in [7, 11) is 1.65. The number of hydrogen-bond acceptors (Lipinski definition) is 4. The maximum Gasteiger partial charge on any atom is 0.154 e. The number of hydrogen-bond donors (Lipinski definition) is 1. The number of rotatable bonds is 6. The Kier molecular flexibility index (Phi) is 5.01. The number of H-pyrrole nitrogens is 1. The lowest BCUT2D eigenvalue weighted by Crippen LogP contribution is -2.10. The van der Waals surface area contributed by atoms with E-state index in [9.17, 15) is 0 Å². The molecule has 3 rings (SSSR count). The molecule has 0 saturated carbocycles. The third kappa shape index (κ3) is 3.51. The second-order valence-electron chi connectivity index (χ2n) is 5.95. The number of imidazole rings is 1. The predicted octanol–water partition coefficient (Wildman–Crippen LogP) is 3.34. The Labute approximate surface area is 142 Å². The van der Waals surface area contributed by atoms with E-state index in [1.807, 2.05) is 12.3 Å². The maximum atomic E-state index is 5.14. The summed E-state index contributed by atoms with van der Waals surface area (Å²) in [6, 6.07) is 8.40. The van der Waals surface area contributed by atoms with Crippen LogP contribution in [0.1, 0.15) is 39.8 Å². The van der Waals surface area contributed by atoms with Gasteiger partial charge in [0.1, 0.15) is 6.61 Å². The molecule has 1 aromatic carbocycles. The highest BCUT2D eigenvalue weighted by molar-refractivity contribution is 5.40. The fourth-order valence-corrected chi connectivity index (χ4v) is 2.96. The topological polar surface area (TPSA) is 63.7 Å². The van der Waals surface area contributed by atoms with Gasteiger partial charge in [-0.15, -0.1) is 0 Å². The van der Waals surface area contributed by atoms with Gasteiger partial charge in [0.05, 0.1) is 6.33 Å². The molecule has 24 heavy (non-hydrogen) atoms. The van der Waals surface area contributed by atoms with Crippen LogP contribution in [0.2, 0.25) is 0 Å². The van der Waals surface area contributed by atoms with Crippen LogP contribution in [0, 0.1) is 13.8 Å². The molecule has 0 aliphatic heterocycles. The summed E-state index contributed by atoms with van der Waals surface area (Å²) in [6.45, 7) is 4.74. The van der Waals surface area contributed by atoms with Gasteiger partial charge < -0.3 is 9.72 Å². The predicted molar refractivity (Wildman–Crippen MR) is 92.8 cm³/mol. The average molecular weight is 322 g/mol. The Bertz CT molecular complexity index is 799. The van der Waals surface area contributed by atoms with Crippen molar-refractivity contribution in [2.45, 2.75) is 32.8 Å². The Morgan fingerprint density at radius 2 is 2.08 bits per heavy atom. The molecule has 0 unspecified atom stereocenters. The summed E-state index contributed by atoms with van der Waals surface area (Å²) in [4.78, 5) is 16.3. The van der Waals surface area contributed by atoms with E-state index in [1.165, 1.54) is 16.7 Å². The molecule has 0 aliphatic rings. The molecule has 0 spiro atoms. The fraction of sp³-hybridized carbons (Fsp3) is 0.316. The van der Waals surface area contributed by atoms with Crippen molar-refractivity contribution in [2.75, 3.05) is 7.11 Å². The van der Waals surface area contributed by atoms with E-state index in [-0.39, 0.29) is 5.92 Å². The van der Waals surface area contributed by atoms with Gasteiger partial charge in [0.25, 0.3) is 0 Å². The molecule has 0 saturated heterocycles. The van der Waals surface area contributed by atoms with Gasteiger partial charge in [-0.2, -0.15) is 0 Å². The Balaban J connectivity index is 1.97. The molecule has 5 heteroatoms. The van der Waals surface area contributed by atoms with Gasteiger partial charge in [0.2, 0.25) is 0 Å². The van der Waals surface area contributed by atoms with E-state index in [0.717, 1.165) is 17.8 Å². The van der Waals surface area contributed by atoms with Crippen LogP contribution in [0.4, 0.5) is 0 Å². The zero-order valence-corrected chi connectivity index (χ0v) is 14.3. The minimum Gasteiger partial charge on any atom is -0.377 e. The van der Waals surface area contributed by atoms with Crippen molar-refractivity contribution < 1.29 is 4.74 Å². The number of nitrogens with one attached hydrogen (secondary N) is 1. The molecule has 3 aromatic rings. The molecular formula is C19H22N4O. The second-order valence-corrected chi connectivity index (χ2v) is 5.95. The molecule has 2 aromatic heterocycles. The smallest absolute Gasteiger partial charge is 0.154 e. The highest BCUT2D eigenvalue weighted by Crippen LogP contribution is 2.30. The molecular weight excluding hydrogens is 300 g/mol. The number of aromatic amines is 1. The first kappa shape index (κ1) is 16.3. The SMILES string of the molecule is COCc1nccc(C[C@H](c2cnc[nH]2)c2cccc(C)c2C)n1. The largest absolute Gasteiger partial charge is 0.377 e. The number of aryl methyl sites for hydroxylation is 1. The Morgan fingerprint density at radius 1 is 1.21 bits per heavy atom. The lowest BCUT2D eigenvalue weighted by atomic mass is 9.87. The highest BCUT2D eigenvalue weighted by Gasteiger charge is 2.20. The van der Waals surface area contributed by atoms with Gasteiger partial charge in [0, 0.05) is 43.2 Å². The standard InChI is InChI=1S/C19H22N4O/c1-13-5-4-6-16(14(13)2)17(18-10-20-12-22-18)9-15-7-8-21-19(23-15)11-24-3/h4-8,10,12,17H,9,11H2,1-3H3,(H,20,22)/t17-/m0/s1. The van der Waals surface area contributed by atoms with E-state index in [0.29, 0.717) is 12.4 Å². The van der Waals surface area contributed by atoms with E-state index in [2.05, 4.69) is 52.0 Å². The lowest BCUT2D eigenvalue weighted by molar-refractivity contribution is 0.177. The van der Waals surface area contributed by atoms with Crippen LogP contribution in [0.25, 0.3) is 0 Å². The molecule has 0 bridgehead atoms. The summed E-state index contributed by atoms with van der Waals surface area (Å²) in [5, 5.41) is 0. The molecule has 0 aliphatic carbocycles.